The van der Waals surface area contributed by atoms with Crippen LogP contribution in [0.25, 0.3) is 0 Å². The number of rotatable bonds is 0. The first-order valence-electron chi connectivity index (χ1n) is 5.28. The van der Waals surface area contributed by atoms with E-state index in [9.17, 15) is 0 Å². The first-order valence-corrected chi connectivity index (χ1v) is 5.28. The van der Waals surface area contributed by atoms with Crippen LogP contribution in [-0.2, 0) is 9.47 Å². The predicted molar refractivity (Wildman–Crippen MR) is 38.3 cm³/mol. The van der Waals surface area contributed by atoms with Gasteiger partial charge < -0.3 is 9.47 Å². The molecule has 6 aliphatic rings. The number of hydrogen-bond acceptors (Lipinski definition) is 2. The van der Waals surface area contributed by atoms with Gasteiger partial charge in [-0.1, -0.05) is 0 Å². The van der Waals surface area contributed by atoms with E-state index in [0.29, 0.717) is 24.4 Å². The molecule has 6 fully saturated rings. The minimum absolute atomic E-state index is 0.705. The highest BCUT2D eigenvalue weighted by Gasteiger charge is 2.89. The lowest BCUT2D eigenvalue weighted by Crippen LogP contribution is -2.62. The minimum atomic E-state index is 0.705. The van der Waals surface area contributed by atoms with Crippen LogP contribution in [-0.4, -0.2) is 24.4 Å². The van der Waals surface area contributed by atoms with Crippen molar-refractivity contribution in [2.45, 2.75) is 24.4 Å². The van der Waals surface area contributed by atoms with E-state index in [1.165, 1.54) is 0 Å². The van der Waals surface area contributed by atoms with E-state index in [4.69, 9.17) is 9.47 Å². The van der Waals surface area contributed by atoms with Crippen LogP contribution in [0.1, 0.15) is 0 Å². The quantitative estimate of drug-likeness (QED) is 0.377. The zero-order valence-corrected chi connectivity index (χ0v) is 6.59. The molecule has 0 bridgehead atoms. The van der Waals surface area contributed by atoms with E-state index in [2.05, 4.69) is 0 Å². The Balaban J connectivity index is 1.67. The van der Waals surface area contributed by atoms with Gasteiger partial charge in [-0.05, 0) is 35.5 Å². The molecule has 4 aliphatic carbocycles. The molecule has 2 unspecified atom stereocenters. The van der Waals surface area contributed by atoms with Crippen molar-refractivity contribution in [2.75, 3.05) is 0 Å². The molecule has 0 aromatic rings. The molecule has 2 heterocycles. The van der Waals surface area contributed by atoms with Gasteiger partial charge >= 0.3 is 0 Å². The zero-order chi connectivity index (χ0) is 7.19. The molecule has 0 N–H and O–H groups in total. The minimum Gasteiger partial charge on any atom is -0.369 e. The Morgan fingerprint density at radius 3 is 1.08 bits per heavy atom. The van der Waals surface area contributed by atoms with E-state index < -0.39 is 0 Å². The van der Waals surface area contributed by atoms with E-state index in [-0.39, 0.29) is 0 Å². The molecule has 0 amide bonds. The van der Waals surface area contributed by atoms with Gasteiger partial charge in [0.2, 0.25) is 0 Å². The summed E-state index contributed by atoms with van der Waals surface area (Å²) >= 11 is 0. The molecule has 0 aromatic carbocycles. The maximum atomic E-state index is 5.73. The van der Waals surface area contributed by atoms with E-state index >= 15 is 0 Å². The van der Waals surface area contributed by atoms with E-state index in [1.807, 2.05) is 0 Å². The van der Waals surface area contributed by atoms with Crippen LogP contribution in [0.5, 0.6) is 0 Å². The molecule has 62 valence electrons. The average molecular weight is 162 g/mol. The van der Waals surface area contributed by atoms with Crippen molar-refractivity contribution in [3.8, 4) is 0 Å². The third-order valence-electron chi connectivity index (χ3n) is 5.75. The topological polar surface area (TPSA) is 25.1 Å². The zero-order valence-electron chi connectivity index (χ0n) is 6.59. The molecule has 0 spiro atoms. The van der Waals surface area contributed by atoms with Crippen molar-refractivity contribution in [2.24, 2.45) is 35.5 Å². The van der Waals surface area contributed by atoms with Crippen LogP contribution < -0.4 is 0 Å². The molecule has 4 saturated carbocycles. The lowest BCUT2D eigenvalue weighted by atomic mass is 9.44. The monoisotopic (exact) mass is 162 g/mol. The molecule has 2 heteroatoms. The summed E-state index contributed by atoms with van der Waals surface area (Å²) in [7, 11) is 0. The highest BCUT2D eigenvalue weighted by Crippen LogP contribution is 2.84. The Morgan fingerprint density at radius 2 is 0.750 bits per heavy atom. The fourth-order valence-corrected chi connectivity index (χ4v) is 5.54. The molecule has 0 aromatic heterocycles. The Bertz CT molecular complexity index is 268. The summed E-state index contributed by atoms with van der Waals surface area (Å²) in [4.78, 5) is 0. The third-order valence-corrected chi connectivity index (χ3v) is 5.75. The molecule has 2 aliphatic heterocycles. The first-order chi connectivity index (χ1) is 5.97. The summed E-state index contributed by atoms with van der Waals surface area (Å²) in [6.07, 6.45) is 2.82. The van der Waals surface area contributed by atoms with Crippen LogP contribution in [0.2, 0.25) is 0 Å². The molecule has 0 radical (unpaired) electrons. The second-order valence-electron chi connectivity index (χ2n) is 5.59. The van der Waals surface area contributed by atoms with Crippen molar-refractivity contribution in [1.29, 1.82) is 0 Å². The fourth-order valence-electron chi connectivity index (χ4n) is 5.54. The van der Waals surface area contributed by atoms with Crippen molar-refractivity contribution in [1.82, 2.24) is 0 Å². The van der Waals surface area contributed by atoms with E-state index in [0.717, 1.165) is 35.5 Å². The fraction of sp³-hybridized carbons (Fsp3) is 1.00. The van der Waals surface area contributed by atoms with Gasteiger partial charge in [-0.25, -0.2) is 0 Å². The Labute approximate surface area is 70.2 Å². The van der Waals surface area contributed by atoms with Gasteiger partial charge in [-0.2, -0.15) is 0 Å². The molecule has 6 rings (SSSR count). The van der Waals surface area contributed by atoms with Crippen LogP contribution in [0.4, 0.5) is 0 Å². The molecular weight excluding hydrogens is 152 g/mol. The van der Waals surface area contributed by atoms with Gasteiger partial charge in [0.1, 0.15) is 0 Å². The van der Waals surface area contributed by atoms with Crippen LogP contribution in [0.3, 0.4) is 0 Å². The standard InChI is InChI=1S/C10H10O2/c11-7-3-1-2-5(3)9-10(12-9)6(2)4(1)8(7)11/h1-10H/t1?,2?,3-,4-,5-,6+,7-,8-,9+,10-/m0/s1. The van der Waals surface area contributed by atoms with Gasteiger partial charge in [-0.3, -0.25) is 0 Å². The van der Waals surface area contributed by atoms with Gasteiger partial charge in [0.15, 0.2) is 0 Å². The first kappa shape index (κ1) is 4.97. The van der Waals surface area contributed by atoms with Gasteiger partial charge in [0.05, 0.1) is 24.4 Å². The third kappa shape index (κ3) is 0.252. The van der Waals surface area contributed by atoms with Crippen molar-refractivity contribution < 1.29 is 9.47 Å². The molecule has 10 atom stereocenters. The van der Waals surface area contributed by atoms with Crippen molar-refractivity contribution in [3.05, 3.63) is 0 Å². The molecular formula is C10H10O2. The number of fused-ring (bicyclic) bond motifs is 8. The van der Waals surface area contributed by atoms with Crippen LogP contribution in [0, 0.1) is 35.5 Å². The highest BCUT2D eigenvalue weighted by molar-refractivity contribution is 5.36. The molecule has 2 saturated heterocycles. The summed E-state index contributed by atoms with van der Waals surface area (Å²) < 4.78 is 11.5. The second kappa shape index (κ2) is 1.05. The normalized spacial score (nSPS) is 94.0. The maximum Gasteiger partial charge on any atom is 0.0879 e. The summed E-state index contributed by atoms with van der Waals surface area (Å²) in [6.45, 7) is 0. The maximum absolute atomic E-state index is 5.73. The SMILES string of the molecule is O1[C@@H]2[C@@H]1[C@H]1C3C4[C@H]([C@H]5O[C@H]5[C@H]41)[C@H]32. The average Bonchev–Trinajstić information content (AvgIpc) is 2.73. The molecule has 2 nitrogen and oxygen atoms in total. The number of epoxide rings is 2. The second-order valence-corrected chi connectivity index (χ2v) is 5.59. The van der Waals surface area contributed by atoms with Gasteiger partial charge in [0.25, 0.3) is 0 Å². The summed E-state index contributed by atoms with van der Waals surface area (Å²) in [5.74, 6) is 6.05. The smallest absolute Gasteiger partial charge is 0.0879 e. The van der Waals surface area contributed by atoms with Crippen molar-refractivity contribution >= 4 is 0 Å². The largest absolute Gasteiger partial charge is 0.369 e. The van der Waals surface area contributed by atoms with Gasteiger partial charge in [0, 0.05) is 0 Å². The van der Waals surface area contributed by atoms with E-state index in [1.54, 1.807) is 0 Å². The van der Waals surface area contributed by atoms with Crippen LogP contribution >= 0.6 is 0 Å². The number of ether oxygens (including phenoxy) is 2. The summed E-state index contributed by atoms with van der Waals surface area (Å²) in [5, 5.41) is 0. The summed E-state index contributed by atoms with van der Waals surface area (Å²) in [5.41, 5.74) is 0. The number of hydrogen-bond donors (Lipinski definition) is 0. The Kier molecular flexibility index (Phi) is 0.436. The van der Waals surface area contributed by atoms with Crippen LogP contribution in [0.15, 0.2) is 0 Å². The van der Waals surface area contributed by atoms with Crippen molar-refractivity contribution in [3.63, 3.8) is 0 Å². The molecule has 12 heavy (non-hydrogen) atoms. The predicted octanol–water partition coefficient (Wildman–Crippen LogP) is 0.273. The Hall–Kier alpha value is -0.0800. The lowest BCUT2D eigenvalue weighted by molar-refractivity contribution is -0.204. The lowest BCUT2D eigenvalue weighted by Gasteiger charge is -2.61. The highest BCUT2D eigenvalue weighted by atomic mass is 16.6. The Morgan fingerprint density at radius 1 is 0.417 bits per heavy atom. The summed E-state index contributed by atoms with van der Waals surface area (Å²) in [6, 6.07) is 0. The van der Waals surface area contributed by atoms with Gasteiger partial charge in [-0.15, -0.1) is 0 Å².